The summed E-state index contributed by atoms with van der Waals surface area (Å²) in [6.07, 6.45) is -15.4. The van der Waals surface area contributed by atoms with Gasteiger partial charge < -0.3 is 14.7 Å². The Labute approximate surface area is 244 Å². The van der Waals surface area contributed by atoms with Gasteiger partial charge in [-0.25, -0.2) is 4.39 Å². The predicted molar refractivity (Wildman–Crippen MR) is 141 cm³/mol. The molecule has 1 unspecified atom stereocenters. The smallest absolute Gasteiger partial charge is 0.416 e. The number of aliphatic hydroxyl groups excluding tert-OH is 1. The summed E-state index contributed by atoms with van der Waals surface area (Å²) >= 11 is 0. The number of benzene rings is 4. The highest BCUT2D eigenvalue weighted by atomic mass is 19.4. The second-order valence-corrected chi connectivity index (χ2v) is 9.80. The van der Waals surface area contributed by atoms with Crippen molar-refractivity contribution in [2.24, 2.45) is 0 Å². The van der Waals surface area contributed by atoms with E-state index in [4.69, 9.17) is 4.74 Å². The lowest BCUT2D eigenvalue weighted by molar-refractivity contribution is -0.138. The van der Waals surface area contributed by atoms with Crippen molar-refractivity contribution in [2.75, 3.05) is 11.4 Å². The van der Waals surface area contributed by atoms with Crippen LogP contribution in [0.1, 0.15) is 39.5 Å². The third-order valence-electron chi connectivity index (χ3n) is 6.60. The van der Waals surface area contributed by atoms with Crippen LogP contribution in [0, 0.1) is 5.82 Å². The molecule has 0 saturated heterocycles. The molecule has 4 rings (SSSR count). The monoisotopic (exact) mass is 631 g/mol. The number of aliphatic hydroxyl groups is 1. The van der Waals surface area contributed by atoms with Crippen molar-refractivity contribution in [3.63, 3.8) is 0 Å². The summed E-state index contributed by atoms with van der Waals surface area (Å²) in [5, 5.41) is 10.9. The predicted octanol–water partition coefficient (Wildman–Crippen LogP) is 9.20. The quantitative estimate of drug-likeness (QED) is 0.187. The van der Waals surface area contributed by atoms with Gasteiger partial charge in [0.2, 0.25) is 0 Å². The van der Waals surface area contributed by atoms with Crippen molar-refractivity contribution in [3.8, 4) is 5.75 Å². The minimum atomic E-state index is -4.79. The molecule has 44 heavy (non-hydrogen) atoms. The van der Waals surface area contributed by atoms with E-state index in [-0.39, 0.29) is 47.8 Å². The van der Waals surface area contributed by atoms with Crippen LogP contribution in [-0.2, 0) is 31.7 Å². The van der Waals surface area contributed by atoms with Crippen molar-refractivity contribution in [2.45, 2.75) is 37.8 Å². The summed E-state index contributed by atoms with van der Waals surface area (Å²) in [6.45, 7) is -0.948. The Kier molecular flexibility index (Phi) is 9.47. The molecule has 234 valence electrons. The molecule has 0 heterocycles. The molecule has 0 aliphatic carbocycles. The third-order valence-corrected chi connectivity index (χ3v) is 6.60. The molecule has 0 bridgehead atoms. The van der Waals surface area contributed by atoms with Crippen LogP contribution in [-0.4, -0.2) is 11.7 Å². The summed E-state index contributed by atoms with van der Waals surface area (Å²) in [5.41, 5.74) is -2.61. The summed E-state index contributed by atoms with van der Waals surface area (Å²) in [4.78, 5) is 1.38. The van der Waals surface area contributed by atoms with Crippen LogP contribution < -0.4 is 9.64 Å². The summed E-state index contributed by atoms with van der Waals surface area (Å²) in [6, 6.07) is 16.1. The van der Waals surface area contributed by atoms with Gasteiger partial charge >= 0.3 is 18.5 Å². The van der Waals surface area contributed by atoms with Gasteiger partial charge in [0.15, 0.2) is 0 Å². The van der Waals surface area contributed by atoms with Crippen molar-refractivity contribution in [1.29, 1.82) is 0 Å². The van der Waals surface area contributed by atoms with Gasteiger partial charge in [0, 0.05) is 30.4 Å². The molecule has 1 atom stereocenters. The molecular formula is C31H23F10NO2. The second kappa shape index (κ2) is 12.8. The van der Waals surface area contributed by atoms with Gasteiger partial charge in [0.1, 0.15) is 18.2 Å². The van der Waals surface area contributed by atoms with E-state index in [0.717, 1.165) is 42.5 Å². The van der Waals surface area contributed by atoms with E-state index >= 15 is 0 Å². The number of ether oxygens (including phenoxy) is 1. The zero-order chi connectivity index (χ0) is 32.3. The fourth-order valence-electron chi connectivity index (χ4n) is 4.30. The Bertz CT molecular complexity index is 1560. The van der Waals surface area contributed by atoms with Crippen molar-refractivity contribution < 1.29 is 53.7 Å². The molecule has 4 aromatic rings. The molecule has 13 heteroatoms. The third kappa shape index (κ3) is 8.43. The van der Waals surface area contributed by atoms with E-state index in [2.05, 4.69) is 0 Å². The van der Waals surface area contributed by atoms with Crippen molar-refractivity contribution in [1.82, 2.24) is 0 Å². The zero-order valence-corrected chi connectivity index (χ0v) is 22.4. The van der Waals surface area contributed by atoms with Crippen LogP contribution in [0.5, 0.6) is 5.75 Å². The van der Waals surface area contributed by atoms with E-state index < -0.39 is 47.1 Å². The molecule has 3 nitrogen and oxygen atoms in total. The van der Waals surface area contributed by atoms with Crippen molar-refractivity contribution in [3.05, 3.63) is 130 Å². The van der Waals surface area contributed by atoms with Crippen molar-refractivity contribution >= 4 is 5.69 Å². The molecule has 4 aromatic carbocycles. The maximum Gasteiger partial charge on any atom is 0.416 e. The van der Waals surface area contributed by atoms with Crippen LogP contribution in [0.3, 0.4) is 0 Å². The van der Waals surface area contributed by atoms with Crippen LogP contribution in [0.2, 0.25) is 0 Å². The van der Waals surface area contributed by atoms with Gasteiger partial charge in [-0.05, 0) is 59.7 Å². The maximum absolute atomic E-state index is 14.8. The van der Waals surface area contributed by atoms with Crippen LogP contribution in [0.15, 0.2) is 91.0 Å². The first-order chi connectivity index (χ1) is 20.5. The molecule has 0 amide bonds. The minimum Gasteiger partial charge on any atom is -0.489 e. The average molecular weight is 632 g/mol. The topological polar surface area (TPSA) is 32.7 Å². The second-order valence-electron chi connectivity index (χ2n) is 9.80. The maximum atomic E-state index is 14.8. The highest BCUT2D eigenvalue weighted by molar-refractivity contribution is 5.52. The number of rotatable bonds is 9. The molecule has 0 aliphatic heterocycles. The minimum absolute atomic E-state index is 0.0906. The molecule has 0 aliphatic rings. The summed E-state index contributed by atoms with van der Waals surface area (Å²) in [5.74, 6) is -1.01. The summed E-state index contributed by atoms with van der Waals surface area (Å²) in [7, 11) is 0. The number of hydrogen-bond acceptors (Lipinski definition) is 3. The average Bonchev–Trinajstić information content (AvgIpc) is 2.95. The lowest BCUT2D eigenvalue weighted by atomic mass is 10.0. The van der Waals surface area contributed by atoms with Gasteiger partial charge in [-0.1, -0.05) is 36.4 Å². The van der Waals surface area contributed by atoms with Gasteiger partial charge in [-0.2, -0.15) is 39.5 Å². The Hall–Kier alpha value is -4.26. The number of nitrogens with zero attached hydrogens (tertiary/aromatic N) is 1. The number of hydrogen-bond donors (Lipinski definition) is 1. The molecule has 0 radical (unpaired) electrons. The van der Waals surface area contributed by atoms with Crippen LogP contribution in [0.25, 0.3) is 0 Å². The van der Waals surface area contributed by atoms with Crippen LogP contribution in [0.4, 0.5) is 49.6 Å². The molecule has 0 fully saturated rings. The lowest BCUT2D eigenvalue weighted by Crippen LogP contribution is -2.29. The van der Waals surface area contributed by atoms with Crippen LogP contribution >= 0.6 is 0 Å². The van der Waals surface area contributed by atoms with E-state index in [1.54, 1.807) is 0 Å². The first-order valence-electron chi connectivity index (χ1n) is 12.9. The Morgan fingerprint density at radius 3 is 1.86 bits per heavy atom. The van der Waals surface area contributed by atoms with E-state index in [0.29, 0.717) is 12.1 Å². The van der Waals surface area contributed by atoms with Gasteiger partial charge in [-0.3, -0.25) is 0 Å². The van der Waals surface area contributed by atoms with Gasteiger partial charge in [0.05, 0.1) is 22.8 Å². The van der Waals surface area contributed by atoms with Gasteiger partial charge in [0.25, 0.3) is 0 Å². The van der Waals surface area contributed by atoms with E-state index in [1.807, 2.05) is 0 Å². The number of alkyl halides is 9. The SMILES string of the molecule is OC(CN(Cc1ccc(C(F)(F)F)cc1F)c1cccc(OCc2cccc(C(F)(F)F)c2)c1)c1ccc(C(F)(F)F)cc1. The molecule has 0 aromatic heterocycles. The largest absolute Gasteiger partial charge is 0.489 e. The molecular weight excluding hydrogens is 608 g/mol. The lowest BCUT2D eigenvalue weighted by Gasteiger charge is -2.28. The highest BCUT2D eigenvalue weighted by Gasteiger charge is 2.32. The first-order valence-corrected chi connectivity index (χ1v) is 12.9. The highest BCUT2D eigenvalue weighted by Crippen LogP contribution is 2.34. The zero-order valence-electron chi connectivity index (χ0n) is 22.4. The van der Waals surface area contributed by atoms with E-state index in [9.17, 15) is 49.0 Å². The molecule has 1 N–H and O–H groups in total. The fraction of sp³-hybridized carbons (Fsp3) is 0.226. The molecule has 0 spiro atoms. The first kappa shape index (κ1) is 32.6. The van der Waals surface area contributed by atoms with Gasteiger partial charge in [-0.15, -0.1) is 0 Å². The Morgan fingerprint density at radius 2 is 1.25 bits per heavy atom. The van der Waals surface area contributed by atoms with E-state index in [1.165, 1.54) is 41.3 Å². The Morgan fingerprint density at radius 1 is 0.659 bits per heavy atom. The summed E-state index contributed by atoms with van der Waals surface area (Å²) < 4.78 is 138. The normalized spacial score (nSPS) is 13.1. The number of anilines is 1. The standard InChI is InChI=1S/C31H23F10NO2/c32-27-14-24(31(39,40)41)12-9-21(27)16-42(17-28(43)20-7-10-22(11-8-20)29(33,34)35)25-5-2-6-26(15-25)44-18-19-3-1-4-23(13-19)30(36,37)38/h1-15,28,43H,16-18H2. The Balaban J connectivity index is 1.60. The number of halogens is 10. The fourth-order valence-corrected chi connectivity index (χ4v) is 4.30. The molecule has 0 saturated carbocycles.